The van der Waals surface area contributed by atoms with Crippen LogP contribution in [0.2, 0.25) is 0 Å². The van der Waals surface area contributed by atoms with Crippen LogP contribution in [0.25, 0.3) is 0 Å². The van der Waals surface area contributed by atoms with Gasteiger partial charge in [0.1, 0.15) is 0 Å². The number of hydrogen-bond acceptors (Lipinski definition) is 1. The van der Waals surface area contributed by atoms with Gasteiger partial charge in [0.15, 0.2) is 0 Å². The van der Waals surface area contributed by atoms with E-state index in [1.807, 2.05) is 0 Å². The molecule has 2 nitrogen and oxygen atoms in total. The first-order valence-corrected chi connectivity index (χ1v) is 6.53. The largest absolute Gasteiger partial charge is 0.356 e. The van der Waals surface area contributed by atoms with Gasteiger partial charge in [0.25, 0.3) is 0 Å². The van der Waals surface area contributed by atoms with E-state index in [1.54, 1.807) is 0 Å². The fraction of sp³-hybridized carbons (Fsp3) is 0.923. The van der Waals surface area contributed by atoms with Crippen molar-refractivity contribution in [2.24, 2.45) is 11.3 Å². The van der Waals surface area contributed by atoms with E-state index in [0.717, 1.165) is 18.9 Å². The minimum Gasteiger partial charge on any atom is -0.356 e. The molecule has 1 aliphatic heterocycles. The van der Waals surface area contributed by atoms with Crippen molar-refractivity contribution in [2.45, 2.75) is 58.3 Å². The zero-order valence-electron chi connectivity index (χ0n) is 9.85. The smallest absolute Gasteiger partial charge is 0.220 e. The molecule has 1 N–H and O–H groups in total. The molecule has 1 saturated carbocycles. The second-order valence-corrected chi connectivity index (χ2v) is 5.40. The van der Waals surface area contributed by atoms with E-state index in [9.17, 15) is 4.79 Å². The highest BCUT2D eigenvalue weighted by Crippen LogP contribution is 2.47. The normalized spacial score (nSPS) is 35.8. The standard InChI is InChI=1S/C13H23NO/c1-2-3-6-11-7-4-5-8-13(11)9-12(15)14-10-13/h11H,2-10H2,1H3,(H,14,15). The Balaban J connectivity index is 2.02. The van der Waals surface area contributed by atoms with Crippen LogP contribution in [-0.4, -0.2) is 12.5 Å². The van der Waals surface area contributed by atoms with Crippen LogP contribution >= 0.6 is 0 Å². The fourth-order valence-electron chi connectivity index (χ4n) is 3.46. The van der Waals surface area contributed by atoms with Gasteiger partial charge >= 0.3 is 0 Å². The Bertz CT molecular complexity index is 239. The van der Waals surface area contributed by atoms with Crippen LogP contribution in [0, 0.1) is 11.3 Å². The van der Waals surface area contributed by atoms with Crippen molar-refractivity contribution in [2.75, 3.05) is 6.54 Å². The Hall–Kier alpha value is -0.530. The van der Waals surface area contributed by atoms with Crippen molar-refractivity contribution >= 4 is 5.91 Å². The summed E-state index contributed by atoms with van der Waals surface area (Å²) in [6, 6.07) is 0. The Morgan fingerprint density at radius 2 is 2.33 bits per heavy atom. The minimum absolute atomic E-state index is 0.290. The predicted molar refractivity (Wildman–Crippen MR) is 61.5 cm³/mol. The lowest BCUT2D eigenvalue weighted by atomic mass is 9.64. The van der Waals surface area contributed by atoms with E-state index < -0.39 is 0 Å². The summed E-state index contributed by atoms with van der Waals surface area (Å²) in [7, 11) is 0. The van der Waals surface area contributed by atoms with E-state index >= 15 is 0 Å². The number of amides is 1. The van der Waals surface area contributed by atoms with Crippen LogP contribution in [0.3, 0.4) is 0 Å². The molecule has 2 unspecified atom stereocenters. The van der Waals surface area contributed by atoms with Crippen molar-refractivity contribution in [3.8, 4) is 0 Å². The summed E-state index contributed by atoms with van der Waals surface area (Å²) in [5, 5.41) is 3.05. The lowest BCUT2D eigenvalue weighted by Crippen LogP contribution is -2.35. The molecule has 15 heavy (non-hydrogen) atoms. The molecular weight excluding hydrogens is 186 g/mol. The zero-order valence-corrected chi connectivity index (χ0v) is 9.85. The van der Waals surface area contributed by atoms with Crippen LogP contribution < -0.4 is 5.32 Å². The third-order valence-corrected chi connectivity index (χ3v) is 4.40. The summed E-state index contributed by atoms with van der Waals surface area (Å²) in [6.45, 7) is 3.22. The lowest BCUT2D eigenvalue weighted by Gasteiger charge is -2.40. The topological polar surface area (TPSA) is 29.1 Å². The maximum Gasteiger partial charge on any atom is 0.220 e. The van der Waals surface area contributed by atoms with Gasteiger partial charge in [-0.2, -0.15) is 0 Å². The Labute approximate surface area is 92.8 Å². The molecular formula is C13H23NO. The molecule has 2 rings (SSSR count). The van der Waals surface area contributed by atoms with Crippen LogP contribution in [0.15, 0.2) is 0 Å². The van der Waals surface area contributed by atoms with Gasteiger partial charge in [0.2, 0.25) is 5.91 Å². The highest BCUT2D eigenvalue weighted by atomic mass is 16.1. The first kappa shape index (κ1) is 11.0. The average Bonchev–Trinajstić information content (AvgIpc) is 2.60. The van der Waals surface area contributed by atoms with Gasteiger partial charge in [-0.25, -0.2) is 0 Å². The molecule has 2 aliphatic rings. The van der Waals surface area contributed by atoms with Crippen molar-refractivity contribution in [1.29, 1.82) is 0 Å². The molecule has 2 heteroatoms. The van der Waals surface area contributed by atoms with Gasteiger partial charge < -0.3 is 5.32 Å². The Kier molecular flexibility index (Phi) is 3.32. The first-order chi connectivity index (χ1) is 7.27. The third kappa shape index (κ3) is 2.19. The number of carbonyl (C=O) groups is 1. The van der Waals surface area contributed by atoms with Crippen LogP contribution in [0.1, 0.15) is 58.3 Å². The maximum absolute atomic E-state index is 11.4. The predicted octanol–water partition coefficient (Wildman–Crippen LogP) is 2.87. The molecule has 1 spiro atoms. The van der Waals surface area contributed by atoms with E-state index in [-0.39, 0.29) is 0 Å². The van der Waals surface area contributed by atoms with Gasteiger partial charge in [-0.3, -0.25) is 4.79 Å². The summed E-state index contributed by atoms with van der Waals surface area (Å²) in [4.78, 5) is 11.4. The second kappa shape index (κ2) is 4.54. The quantitative estimate of drug-likeness (QED) is 0.761. The molecule has 2 atom stereocenters. The molecule has 86 valence electrons. The van der Waals surface area contributed by atoms with Gasteiger partial charge in [0.05, 0.1) is 0 Å². The van der Waals surface area contributed by atoms with Gasteiger partial charge in [0, 0.05) is 13.0 Å². The number of hydrogen-bond donors (Lipinski definition) is 1. The van der Waals surface area contributed by atoms with Crippen LogP contribution in [0.4, 0.5) is 0 Å². The zero-order chi connectivity index (χ0) is 10.7. The summed E-state index contributed by atoms with van der Waals surface area (Å²) in [5.41, 5.74) is 0.352. The van der Waals surface area contributed by atoms with Crippen molar-refractivity contribution in [3.05, 3.63) is 0 Å². The maximum atomic E-state index is 11.4. The summed E-state index contributed by atoms with van der Waals surface area (Å²) in [5.74, 6) is 1.10. The van der Waals surface area contributed by atoms with Gasteiger partial charge in [-0.1, -0.05) is 32.6 Å². The van der Waals surface area contributed by atoms with E-state index in [2.05, 4.69) is 12.2 Å². The SMILES string of the molecule is CCCCC1CCCCC12CNC(=O)C2. The average molecular weight is 209 g/mol. The molecule has 1 aliphatic carbocycles. The molecule has 1 amide bonds. The van der Waals surface area contributed by atoms with Crippen LogP contribution in [-0.2, 0) is 4.79 Å². The molecule has 1 saturated heterocycles. The highest BCUT2D eigenvalue weighted by molar-refractivity contribution is 5.79. The third-order valence-electron chi connectivity index (χ3n) is 4.40. The first-order valence-electron chi connectivity index (χ1n) is 6.53. The molecule has 0 aromatic heterocycles. The molecule has 1 heterocycles. The number of unbranched alkanes of at least 4 members (excludes halogenated alkanes) is 1. The molecule has 0 aromatic rings. The molecule has 2 fully saturated rings. The molecule has 0 aromatic carbocycles. The van der Waals surface area contributed by atoms with Gasteiger partial charge in [-0.15, -0.1) is 0 Å². The number of rotatable bonds is 3. The van der Waals surface area contributed by atoms with Gasteiger partial charge in [-0.05, 0) is 30.6 Å². The molecule has 0 radical (unpaired) electrons. The van der Waals surface area contributed by atoms with E-state index in [4.69, 9.17) is 0 Å². The van der Waals surface area contributed by atoms with Crippen molar-refractivity contribution in [3.63, 3.8) is 0 Å². The highest BCUT2D eigenvalue weighted by Gasteiger charge is 2.45. The van der Waals surface area contributed by atoms with E-state index in [1.165, 1.54) is 44.9 Å². The second-order valence-electron chi connectivity index (χ2n) is 5.40. The fourth-order valence-corrected chi connectivity index (χ4v) is 3.46. The monoisotopic (exact) mass is 209 g/mol. The van der Waals surface area contributed by atoms with E-state index in [0.29, 0.717) is 11.3 Å². The number of carbonyl (C=O) groups excluding carboxylic acids is 1. The van der Waals surface area contributed by atoms with Crippen LogP contribution in [0.5, 0.6) is 0 Å². The summed E-state index contributed by atoms with van der Waals surface area (Å²) >= 11 is 0. The lowest BCUT2D eigenvalue weighted by molar-refractivity contribution is -0.120. The Morgan fingerprint density at radius 3 is 3.00 bits per heavy atom. The van der Waals surface area contributed by atoms with Crippen molar-refractivity contribution < 1.29 is 4.79 Å². The molecule has 0 bridgehead atoms. The summed E-state index contributed by atoms with van der Waals surface area (Å²) < 4.78 is 0. The number of nitrogens with one attached hydrogen (secondary N) is 1. The minimum atomic E-state index is 0.290. The Morgan fingerprint density at radius 1 is 1.47 bits per heavy atom. The van der Waals surface area contributed by atoms with Crippen molar-refractivity contribution in [1.82, 2.24) is 5.32 Å². The summed E-state index contributed by atoms with van der Waals surface area (Å²) in [6.07, 6.45) is 10.1.